The van der Waals surface area contributed by atoms with Gasteiger partial charge in [0.2, 0.25) is 0 Å². The first-order valence-electron chi connectivity index (χ1n) is 8.42. The van der Waals surface area contributed by atoms with Crippen molar-refractivity contribution in [3.05, 3.63) is 35.6 Å². The number of rotatable bonds is 5. The van der Waals surface area contributed by atoms with E-state index in [0.29, 0.717) is 28.8 Å². The van der Waals surface area contributed by atoms with Gasteiger partial charge in [0.05, 0.1) is 0 Å². The van der Waals surface area contributed by atoms with Crippen molar-refractivity contribution in [1.82, 2.24) is 14.9 Å². The molecule has 152 valence electrons. The van der Waals surface area contributed by atoms with Crippen molar-refractivity contribution in [2.75, 3.05) is 26.7 Å². The van der Waals surface area contributed by atoms with Gasteiger partial charge in [-0.05, 0) is 30.9 Å². The quantitative estimate of drug-likeness (QED) is 0.442. The second kappa shape index (κ2) is 8.87. The van der Waals surface area contributed by atoms with Crippen molar-refractivity contribution >= 4 is 16.0 Å². The predicted molar refractivity (Wildman–Crippen MR) is 94.2 cm³/mol. The van der Waals surface area contributed by atoms with Crippen LogP contribution < -0.4 is 10.6 Å². The number of sulfonamides is 1. The highest BCUT2D eigenvalue weighted by atomic mass is 32.2. The average molecular weight is 410 g/mol. The molecule has 1 heterocycles. The van der Waals surface area contributed by atoms with Crippen molar-refractivity contribution in [3.8, 4) is 0 Å². The summed E-state index contributed by atoms with van der Waals surface area (Å²) >= 11 is 0. The van der Waals surface area contributed by atoms with Crippen LogP contribution in [0.15, 0.2) is 29.3 Å². The molecule has 2 rings (SSSR count). The number of guanidine groups is 1. The van der Waals surface area contributed by atoms with Crippen molar-refractivity contribution in [1.29, 1.82) is 0 Å². The Morgan fingerprint density at radius 2 is 1.89 bits per heavy atom. The van der Waals surface area contributed by atoms with Gasteiger partial charge in [-0.25, -0.2) is 12.8 Å². The molecule has 1 saturated heterocycles. The summed E-state index contributed by atoms with van der Waals surface area (Å²) in [6.07, 6.45) is 0.891. The molecular formula is C16H22F4N4O2S. The molecule has 2 N–H and O–H groups in total. The molecule has 0 spiro atoms. The predicted octanol–water partition coefficient (Wildman–Crippen LogP) is 1.85. The summed E-state index contributed by atoms with van der Waals surface area (Å²) in [5.74, 6) is 0.143. The molecule has 0 amide bonds. The standard InChI is InChI=1S/C16H22F4N4O2S/c1-21-15(22-9-6-12-4-2-3-5-14(12)17)23-13-7-10-24(11-8-13)27(25,26)16(18,19)20/h2-5,13H,6-11H2,1H3,(H2,21,22,23). The fraction of sp³-hybridized carbons (Fsp3) is 0.562. The van der Waals surface area contributed by atoms with E-state index < -0.39 is 15.5 Å². The summed E-state index contributed by atoms with van der Waals surface area (Å²) in [6.45, 7) is -0.0145. The smallest absolute Gasteiger partial charge is 0.356 e. The molecule has 6 nitrogen and oxygen atoms in total. The molecule has 0 saturated carbocycles. The van der Waals surface area contributed by atoms with E-state index in [1.54, 1.807) is 25.2 Å². The summed E-state index contributed by atoms with van der Waals surface area (Å²) in [5, 5.41) is 6.08. The van der Waals surface area contributed by atoms with Crippen LogP contribution in [0.5, 0.6) is 0 Å². The third-order valence-electron chi connectivity index (χ3n) is 4.30. The second-order valence-corrected chi connectivity index (χ2v) is 8.04. The van der Waals surface area contributed by atoms with Crippen LogP contribution in [-0.4, -0.2) is 56.9 Å². The van der Waals surface area contributed by atoms with Crippen LogP contribution in [0, 0.1) is 5.82 Å². The van der Waals surface area contributed by atoms with E-state index in [-0.39, 0.29) is 37.8 Å². The Morgan fingerprint density at radius 1 is 1.26 bits per heavy atom. The van der Waals surface area contributed by atoms with E-state index in [1.165, 1.54) is 6.07 Å². The van der Waals surface area contributed by atoms with E-state index >= 15 is 0 Å². The van der Waals surface area contributed by atoms with Crippen molar-refractivity contribution < 1.29 is 26.0 Å². The highest BCUT2D eigenvalue weighted by Gasteiger charge is 2.50. The van der Waals surface area contributed by atoms with Crippen LogP contribution in [-0.2, 0) is 16.4 Å². The van der Waals surface area contributed by atoms with Crippen LogP contribution in [0.25, 0.3) is 0 Å². The van der Waals surface area contributed by atoms with E-state index in [1.807, 2.05) is 0 Å². The maximum atomic E-state index is 13.6. The van der Waals surface area contributed by atoms with Gasteiger partial charge in [0.1, 0.15) is 5.82 Å². The first kappa shape index (κ1) is 21.4. The van der Waals surface area contributed by atoms with Crippen LogP contribution in [0.1, 0.15) is 18.4 Å². The van der Waals surface area contributed by atoms with Crippen molar-refractivity contribution in [3.63, 3.8) is 0 Å². The lowest BCUT2D eigenvalue weighted by Gasteiger charge is -2.32. The molecule has 0 bridgehead atoms. The van der Waals surface area contributed by atoms with Gasteiger partial charge in [-0.1, -0.05) is 18.2 Å². The number of piperidine rings is 1. The molecule has 0 unspecified atom stereocenters. The molecule has 0 radical (unpaired) electrons. The summed E-state index contributed by atoms with van der Waals surface area (Å²) in [5.41, 5.74) is -4.72. The van der Waals surface area contributed by atoms with Crippen LogP contribution in [0.4, 0.5) is 17.6 Å². The maximum absolute atomic E-state index is 13.6. The normalized spacial score (nSPS) is 17.7. The monoisotopic (exact) mass is 410 g/mol. The van der Waals surface area contributed by atoms with Crippen molar-refractivity contribution in [2.24, 2.45) is 4.99 Å². The average Bonchev–Trinajstić information content (AvgIpc) is 2.62. The molecule has 1 aliphatic rings. The Bertz CT molecular complexity index is 760. The third-order valence-corrected chi connectivity index (χ3v) is 5.93. The van der Waals surface area contributed by atoms with Gasteiger partial charge in [-0.15, -0.1) is 0 Å². The minimum atomic E-state index is -5.28. The topological polar surface area (TPSA) is 73.8 Å². The van der Waals surface area contributed by atoms with Crippen LogP contribution >= 0.6 is 0 Å². The number of hydrogen-bond acceptors (Lipinski definition) is 3. The summed E-state index contributed by atoms with van der Waals surface area (Å²) in [7, 11) is -3.74. The number of aliphatic imine (C=N–C) groups is 1. The minimum absolute atomic E-state index is 0.204. The highest BCUT2D eigenvalue weighted by molar-refractivity contribution is 7.90. The zero-order valence-corrected chi connectivity index (χ0v) is 15.6. The van der Waals surface area contributed by atoms with Gasteiger partial charge in [0, 0.05) is 32.7 Å². The maximum Gasteiger partial charge on any atom is 0.511 e. The lowest BCUT2D eigenvalue weighted by molar-refractivity contribution is -0.0494. The molecule has 0 atom stereocenters. The van der Waals surface area contributed by atoms with Gasteiger partial charge < -0.3 is 10.6 Å². The first-order valence-corrected chi connectivity index (χ1v) is 9.86. The molecule has 11 heteroatoms. The highest BCUT2D eigenvalue weighted by Crippen LogP contribution is 2.28. The van der Waals surface area contributed by atoms with E-state index in [4.69, 9.17) is 0 Å². The fourth-order valence-corrected chi connectivity index (χ4v) is 3.78. The Hall–Kier alpha value is -1.88. The first-order chi connectivity index (χ1) is 12.6. The van der Waals surface area contributed by atoms with Crippen LogP contribution in [0.2, 0.25) is 0 Å². The van der Waals surface area contributed by atoms with E-state index in [2.05, 4.69) is 15.6 Å². The largest absolute Gasteiger partial charge is 0.511 e. The SMILES string of the molecule is CN=C(NCCc1ccccc1F)NC1CCN(S(=O)(=O)C(F)(F)F)CC1. The van der Waals surface area contributed by atoms with Gasteiger partial charge >= 0.3 is 15.5 Å². The third kappa shape index (κ3) is 5.55. The number of hydrogen-bond donors (Lipinski definition) is 2. The number of halogens is 4. The molecule has 1 aromatic rings. The minimum Gasteiger partial charge on any atom is -0.356 e. The lowest BCUT2D eigenvalue weighted by atomic mass is 10.1. The lowest BCUT2D eigenvalue weighted by Crippen LogP contribution is -2.51. The van der Waals surface area contributed by atoms with Gasteiger partial charge in [-0.2, -0.15) is 17.5 Å². The van der Waals surface area contributed by atoms with Crippen molar-refractivity contribution in [2.45, 2.75) is 30.8 Å². The summed E-state index contributed by atoms with van der Waals surface area (Å²) < 4.78 is 74.6. The Morgan fingerprint density at radius 3 is 2.44 bits per heavy atom. The van der Waals surface area contributed by atoms with Gasteiger partial charge in [-0.3, -0.25) is 4.99 Å². The Labute approximate surface area is 155 Å². The van der Waals surface area contributed by atoms with E-state index in [9.17, 15) is 26.0 Å². The fourth-order valence-electron chi connectivity index (χ4n) is 2.79. The Balaban J connectivity index is 1.80. The molecular weight excluding hydrogens is 388 g/mol. The molecule has 0 aromatic heterocycles. The Kier molecular flexibility index (Phi) is 7.04. The molecule has 0 aliphatic carbocycles. The number of nitrogens with one attached hydrogen (secondary N) is 2. The molecule has 27 heavy (non-hydrogen) atoms. The number of alkyl halides is 3. The number of nitrogens with zero attached hydrogens (tertiary/aromatic N) is 2. The zero-order valence-electron chi connectivity index (χ0n) is 14.8. The number of benzene rings is 1. The van der Waals surface area contributed by atoms with Gasteiger partial charge in [0.25, 0.3) is 0 Å². The molecule has 1 aliphatic heterocycles. The zero-order chi connectivity index (χ0) is 20.1. The van der Waals surface area contributed by atoms with Gasteiger partial charge in [0.15, 0.2) is 5.96 Å². The summed E-state index contributed by atoms with van der Waals surface area (Å²) in [6, 6.07) is 6.21. The molecule has 1 aromatic carbocycles. The van der Waals surface area contributed by atoms with Crippen LogP contribution in [0.3, 0.4) is 0 Å². The van der Waals surface area contributed by atoms with E-state index in [0.717, 1.165) is 0 Å². The molecule has 1 fully saturated rings. The summed E-state index contributed by atoms with van der Waals surface area (Å²) in [4.78, 5) is 4.03. The second-order valence-electron chi connectivity index (χ2n) is 6.11.